The van der Waals surface area contributed by atoms with E-state index in [1.807, 2.05) is 72.4 Å². The Hall–Kier alpha value is -1.81. The van der Waals surface area contributed by atoms with Gasteiger partial charge < -0.3 is 30.9 Å². The fourth-order valence-electron chi connectivity index (χ4n) is 2.65. The zero-order chi connectivity index (χ0) is 28.7. The molecule has 0 aliphatic carbocycles. The fraction of sp³-hybridized carbons (Fsp3) is 0.500. The van der Waals surface area contributed by atoms with Crippen LogP contribution in [-0.4, -0.2) is 91.5 Å². The number of rotatable bonds is 7. The minimum Gasteiger partial charge on any atom is -1.00 e. The van der Waals surface area contributed by atoms with Gasteiger partial charge in [-0.05, 0) is 103 Å². The van der Waals surface area contributed by atoms with E-state index in [0.717, 1.165) is 11.1 Å². The monoisotopic (exact) mass is 560 g/mol. The maximum Gasteiger partial charge on any atom is 1.00 e. The Labute approximate surface area is 258 Å². The van der Waals surface area contributed by atoms with Gasteiger partial charge in [-0.2, -0.15) is 0 Å². The number of phenols is 1. The van der Waals surface area contributed by atoms with E-state index in [9.17, 15) is 14.7 Å². The largest absolute Gasteiger partial charge is 1.00 e. The van der Waals surface area contributed by atoms with Gasteiger partial charge in [0.2, 0.25) is 0 Å². The molecule has 0 aromatic heterocycles. The number of ether oxygens (including phenoxy) is 1. The zero-order valence-corrected chi connectivity index (χ0v) is 27.8. The number of carbonyl (C=O) groups is 2. The fourth-order valence-corrected chi connectivity index (χ4v) is 2.77. The predicted molar refractivity (Wildman–Crippen MR) is 154 cm³/mol. The minimum atomic E-state index is -0.400. The maximum absolute atomic E-state index is 11.7. The van der Waals surface area contributed by atoms with Crippen LogP contribution in [0.15, 0.2) is 48.5 Å². The third kappa shape index (κ3) is 15.0. The molecule has 2 rings (SSSR count). The first-order valence-electron chi connectivity index (χ1n) is 12.3. The van der Waals surface area contributed by atoms with Gasteiger partial charge in [-0.3, -0.25) is 4.79 Å². The van der Waals surface area contributed by atoms with E-state index in [1.165, 1.54) is 9.80 Å². The van der Waals surface area contributed by atoms with Gasteiger partial charge in [-0.15, -0.1) is 0 Å². The van der Waals surface area contributed by atoms with Gasteiger partial charge in [0.15, 0.2) is 0 Å². The number of aromatic hydroxyl groups is 1. The molecule has 8 nitrogen and oxygen atoms in total. The van der Waals surface area contributed by atoms with Crippen molar-refractivity contribution >= 4 is 23.1 Å². The molecule has 0 saturated heterocycles. The maximum atomic E-state index is 11.7. The molecule has 0 fully saturated rings. The van der Waals surface area contributed by atoms with Gasteiger partial charge >= 0.3 is 41.0 Å². The molecule has 0 spiro atoms. The Morgan fingerprint density at radius 1 is 0.842 bits per heavy atom. The SMILES string of the molecule is CC(c1cccc(O)c1)N(C)C.CCN(C)C(=O)Cl.CCN(C)C(=O)Oc1cccc(C(C)N(C)C)c1.[H-].[Na+]. The van der Waals surface area contributed by atoms with Crippen LogP contribution in [-0.2, 0) is 0 Å². The molecule has 0 heterocycles. The van der Waals surface area contributed by atoms with Crippen molar-refractivity contribution in [2.75, 3.05) is 55.4 Å². The smallest absolute Gasteiger partial charge is 1.00 e. The van der Waals surface area contributed by atoms with E-state index >= 15 is 0 Å². The molecule has 0 radical (unpaired) electrons. The van der Waals surface area contributed by atoms with Crippen LogP contribution in [0.25, 0.3) is 0 Å². The van der Waals surface area contributed by atoms with E-state index in [0.29, 0.717) is 30.6 Å². The first kappa shape index (κ1) is 38.3. The number of amides is 2. The van der Waals surface area contributed by atoms with Crippen LogP contribution in [0.1, 0.15) is 52.3 Å². The molecule has 10 heteroatoms. The number of carbonyl (C=O) groups excluding carboxylic acids is 2. The molecule has 38 heavy (non-hydrogen) atoms. The molecule has 210 valence electrons. The summed E-state index contributed by atoms with van der Waals surface area (Å²) in [5, 5.41) is 8.82. The quantitative estimate of drug-likeness (QED) is 0.318. The zero-order valence-electron chi connectivity index (χ0n) is 26.0. The number of halogens is 1. The topological polar surface area (TPSA) is 76.6 Å². The van der Waals surface area contributed by atoms with Crippen LogP contribution < -0.4 is 34.3 Å². The minimum absolute atomic E-state index is 0. The molecule has 0 saturated carbocycles. The number of phenolic OH excluding ortho intramolecular Hbond substituents is 1. The predicted octanol–water partition coefficient (Wildman–Crippen LogP) is 3.19. The standard InChI is InChI=1S/C14H22N2O2.C10H15NO.C4H8ClNO.Na.H/c1-6-16(5)14(17)18-13-9-7-8-12(10-13)11(2)15(3)4;1-8(11(2)3)9-5-4-6-10(12)7-9;1-3-6(2)4(5)7;;/h7-11H,6H2,1-5H3;4-8,12H,1-3H3;3H2,1-2H3;;/q;;;+1;-1. The number of nitrogens with zero attached hydrogens (tertiary/aromatic N) is 4. The van der Waals surface area contributed by atoms with Crippen LogP contribution in [0, 0.1) is 0 Å². The normalized spacial score (nSPS) is 11.6. The van der Waals surface area contributed by atoms with Crippen LogP contribution in [0.2, 0.25) is 0 Å². The Balaban J connectivity index is -0.000000536. The third-order valence-electron chi connectivity index (χ3n) is 6.01. The second-order valence-corrected chi connectivity index (χ2v) is 9.42. The van der Waals surface area contributed by atoms with Gasteiger partial charge in [0, 0.05) is 39.3 Å². The Bertz CT molecular complexity index is 969. The molecule has 2 amide bonds. The molecule has 0 bridgehead atoms. The van der Waals surface area contributed by atoms with Crippen molar-refractivity contribution in [1.82, 2.24) is 19.6 Å². The van der Waals surface area contributed by atoms with Crippen LogP contribution in [0.3, 0.4) is 0 Å². The van der Waals surface area contributed by atoms with E-state index in [2.05, 4.69) is 23.6 Å². The van der Waals surface area contributed by atoms with E-state index < -0.39 is 5.37 Å². The van der Waals surface area contributed by atoms with Gasteiger partial charge in [-0.1, -0.05) is 24.3 Å². The van der Waals surface area contributed by atoms with Gasteiger partial charge in [0.05, 0.1) is 0 Å². The average Bonchev–Trinajstić information content (AvgIpc) is 2.87. The second-order valence-electron chi connectivity index (χ2n) is 9.10. The van der Waals surface area contributed by atoms with E-state index in [4.69, 9.17) is 16.3 Å². The molecular weight excluding hydrogens is 515 g/mol. The van der Waals surface area contributed by atoms with Crippen molar-refractivity contribution in [2.24, 2.45) is 0 Å². The van der Waals surface area contributed by atoms with Crippen LogP contribution >= 0.6 is 11.6 Å². The number of benzene rings is 2. The Kier molecular flexibility index (Phi) is 20.3. The molecule has 0 aliphatic rings. The average molecular weight is 561 g/mol. The molecule has 0 aliphatic heterocycles. The second kappa shape index (κ2) is 20.1. The summed E-state index contributed by atoms with van der Waals surface area (Å²) in [5.74, 6) is 0.924. The van der Waals surface area contributed by atoms with Crippen molar-refractivity contribution in [2.45, 2.75) is 39.8 Å². The van der Waals surface area contributed by atoms with Crippen molar-refractivity contribution in [1.29, 1.82) is 0 Å². The number of hydrogen-bond donors (Lipinski definition) is 1. The Morgan fingerprint density at radius 2 is 1.29 bits per heavy atom. The van der Waals surface area contributed by atoms with Gasteiger partial charge in [0.25, 0.3) is 0 Å². The van der Waals surface area contributed by atoms with Crippen LogP contribution in [0.5, 0.6) is 11.5 Å². The summed E-state index contributed by atoms with van der Waals surface area (Å²) in [5.41, 5.74) is 2.27. The summed E-state index contributed by atoms with van der Waals surface area (Å²) >= 11 is 5.02. The summed E-state index contributed by atoms with van der Waals surface area (Å²) in [4.78, 5) is 28.9. The third-order valence-corrected chi connectivity index (χ3v) is 6.30. The van der Waals surface area contributed by atoms with Crippen molar-refractivity contribution in [3.05, 3.63) is 59.7 Å². The van der Waals surface area contributed by atoms with Crippen LogP contribution in [0.4, 0.5) is 9.59 Å². The summed E-state index contributed by atoms with van der Waals surface area (Å²) in [7, 11) is 11.5. The Morgan fingerprint density at radius 3 is 1.66 bits per heavy atom. The summed E-state index contributed by atoms with van der Waals surface area (Å²) in [6, 6.07) is 15.6. The molecule has 2 unspecified atom stereocenters. The molecule has 2 aromatic carbocycles. The van der Waals surface area contributed by atoms with Crippen molar-refractivity contribution in [3.63, 3.8) is 0 Å². The molecular formula is C28H46ClN4NaO4. The number of hydrogen-bond acceptors (Lipinski definition) is 6. The summed E-state index contributed by atoms with van der Waals surface area (Å²) in [6.45, 7) is 9.29. The molecule has 1 N–H and O–H groups in total. The van der Waals surface area contributed by atoms with E-state index in [1.54, 1.807) is 32.3 Å². The van der Waals surface area contributed by atoms with Gasteiger partial charge in [-0.25, -0.2) is 4.79 Å². The van der Waals surface area contributed by atoms with Crippen molar-refractivity contribution < 1.29 is 50.4 Å². The van der Waals surface area contributed by atoms with Gasteiger partial charge in [0.1, 0.15) is 11.5 Å². The first-order valence-corrected chi connectivity index (χ1v) is 12.7. The summed E-state index contributed by atoms with van der Waals surface area (Å²) in [6.07, 6.45) is -0.327. The summed E-state index contributed by atoms with van der Waals surface area (Å²) < 4.78 is 5.31. The van der Waals surface area contributed by atoms with Crippen molar-refractivity contribution in [3.8, 4) is 11.5 Å². The first-order chi connectivity index (χ1) is 17.2. The molecule has 2 aromatic rings. The molecule has 2 atom stereocenters. The van der Waals surface area contributed by atoms with E-state index in [-0.39, 0.29) is 43.1 Å².